The van der Waals surface area contributed by atoms with Crippen LogP contribution in [0, 0.1) is 0 Å². The third kappa shape index (κ3) is 1.09. The van der Waals surface area contributed by atoms with Crippen LogP contribution in [0.4, 0.5) is 0 Å². The minimum Gasteiger partial charge on any atom is -0.386 e. The molecule has 0 aromatic carbocycles. The van der Waals surface area contributed by atoms with Crippen molar-refractivity contribution in [1.29, 1.82) is 0 Å². The lowest BCUT2D eigenvalue weighted by atomic mass is 10.2. The van der Waals surface area contributed by atoms with E-state index >= 15 is 0 Å². The second kappa shape index (κ2) is 2.06. The molecule has 0 saturated carbocycles. The van der Waals surface area contributed by atoms with Gasteiger partial charge in [-0.05, 0) is 13.8 Å². The van der Waals surface area contributed by atoms with Gasteiger partial charge in [0.25, 0.3) is 0 Å². The van der Waals surface area contributed by atoms with Crippen molar-refractivity contribution in [2.75, 3.05) is 0 Å². The molecule has 11 heavy (non-hydrogen) atoms. The number of hydrogen-bond acceptors (Lipinski definition) is 3. The molecule has 0 aromatic heterocycles. The van der Waals surface area contributed by atoms with Gasteiger partial charge >= 0.3 is 0 Å². The van der Waals surface area contributed by atoms with Gasteiger partial charge in [-0.2, -0.15) is 0 Å². The zero-order valence-electron chi connectivity index (χ0n) is 6.65. The van der Waals surface area contributed by atoms with E-state index in [0.29, 0.717) is 0 Å². The van der Waals surface area contributed by atoms with Gasteiger partial charge in [0.2, 0.25) is 0 Å². The molecule has 0 bridgehead atoms. The predicted octanol–water partition coefficient (Wildman–Crippen LogP) is 0.437. The van der Waals surface area contributed by atoms with Gasteiger partial charge in [-0.3, -0.25) is 0 Å². The Morgan fingerprint density at radius 3 is 2.64 bits per heavy atom. The molecule has 2 unspecified atom stereocenters. The Morgan fingerprint density at radius 1 is 1.27 bits per heavy atom. The fourth-order valence-corrected chi connectivity index (χ4v) is 1.56. The van der Waals surface area contributed by atoms with Crippen LogP contribution in [0.2, 0.25) is 0 Å². The fourth-order valence-electron chi connectivity index (χ4n) is 1.56. The van der Waals surface area contributed by atoms with Crippen molar-refractivity contribution in [2.24, 2.45) is 0 Å². The maximum Gasteiger partial charge on any atom is 0.164 e. The maximum absolute atomic E-state index is 9.34. The summed E-state index contributed by atoms with van der Waals surface area (Å²) in [4.78, 5) is 0. The highest BCUT2D eigenvalue weighted by Gasteiger charge is 2.45. The number of aliphatic hydroxyl groups is 1. The standard InChI is InChI=1S/C8H12O3/c1-8(2)10-6-4-3-5(9)7(6)11-8/h3-7,9H,1-2H3/t5?,6?,7-/m1/s1. The van der Waals surface area contributed by atoms with E-state index in [1.54, 1.807) is 6.08 Å². The fraction of sp³-hybridized carbons (Fsp3) is 0.750. The molecule has 0 aromatic rings. The van der Waals surface area contributed by atoms with Gasteiger partial charge < -0.3 is 14.6 Å². The maximum atomic E-state index is 9.34. The number of aliphatic hydroxyl groups excluding tert-OH is 1. The summed E-state index contributed by atoms with van der Waals surface area (Å²) in [5.41, 5.74) is 0. The SMILES string of the molecule is CC1(C)OC2C=CC(O)[C@H]2O1. The van der Waals surface area contributed by atoms with Crippen LogP contribution in [0.15, 0.2) is 12.2 Å². The van der Waals surface area contributed by atoms with Gasteiger partial charge in [0.1, 0.15) is 18.3 Å². The molecular weight excluding hydrogens is 144 g/mol. The van der Waals surface area contributed by atoms with Crippen LogP contribution in [0.5, 0.6) is 0 Å². The summed E-state index contributed by atoms with van der Waals surface area (Å²) in [5.74, 6) is -0.541. The summed E-state index contributed by atoms with van der Waals surface area (Å²) in [6, 6.07) is 0. The first kappa shape index (κ1) is 7.28. The second-order valence-corrected chi connectivity index (χ2v) is 3.44. The van der Waals surface area contributed by atoms with E-state index in [0.717, 1.165) is 0 Å². The van der Waals surface area contributed by atoms with Crippen molar-refractivity contribution in [3.63, 3.8) is 0 Å². The second-order valence-electron chi connectivity index (χ2n) is 3.44. The first-order valence-electron chi connectivity index (χ1n) is 3.80. The summed E-state index contributed by atoms with van der Waals surface area (Å²) in [7, 11) is 0. The summed E-state index contributed by atoms with van der Waals surface area (Å²) in [6.45, 7) is 3.71. The molecule has 3 nitrogen and oxygen atoms in total. The van der Waals surface area contributed by atoms with Crippen molar-refractivity contribution in [2.45, 2.75) is 37.9 Å². The molecule has 2 rings (SSSR count). The van der Waals surface area contributed by atoms with Crippen molar-refractivity contribution in [1.82, 2.24) is 0 Å². The van der Waals surface area contributed by atoms with Gasteiger partial charge in [0, 0.05) is 0 Å². The van der Waals surface area contributed by atoms with Gasteiger partial charge in [-0.25, -0.2) is 0 Å². The molecule has 1 aliphatic carbocycles. The van der Waals surface area contributed by atoms with Crippen molar-refractivity contribution in [3.8, 4) is 0 Å². The predicted molar refractivity (Wildman–Crippen MR) is 39.0 cm³/mol. The molecule has 0 radical (unpaired) electrons. The first-order chi connectivity index (χ1) is 5.08. The summed E-state index contributed by atoms with van der Waals surface area (Å²) in [6.07, 6.45) is 2.82. The van der Waals surface area contributed by atoms with E-state index in [2.05, 4.69) is 0 Å². The van der Waals surface area contributed by atoms with E-state index in [1.807, 2.05) is 19.9 Å². The summed E-state index contributed by atoms with van der Waals surface area (Å²) < 4.78 is 10.9. The zero-order chi connectivity index (χ0) is 8.06. The Labute approximate surface area is 65.6 Å². The lowest BCUT2D eigenvalue weighted by Gasteiger charge is -2.18. The number of rotatable bonds is 0. The molecular formula is C8H12O3. The lowest BCUT2D eigenvalue weighted by Crippen LogP contribution is -2.28. The molecule has 3 heteroatoms. The van der Waals surface area contributed by atoms with E-state index in [1.165, 1.54) is 0 Å². The quantitative estimate of drug-likeness (QED) is 0.517. The molecule has 1 aliphatic heterocycles. The molecule has 3 atom stereocenters. The Bertz CT molecular complexity index is 198. The van der Waals surface area contributed by atoms with Gasteiger partial charge in [0.15, 0.2) is 5.79 Å². The Morgan fingerprint density at radius 2 is 2.00 bits per heavy atom. The lowest BCUT2D eigenvalue weighted by molar-refractivity contribution is -0.152. The highest BCUT2D eigenvalue weighted by Crippen LogP contribution is 2.34. The van der Waals surface area contributed by atoms with Crippen LogP contribution in [0.1, 0.15) is 13.8 Å². The van der Waals surface area contributed by atoms with Gasteiger partial charge in [-0.15, -0.1) is 0 Å². The minimum absolute atomic E-state index is 0.0556. The normalized spacial score (nSPS) is 46.3. The highest BCUT2D eigenvalue weighted by molar-refractivity contribution is 5.13. The van der Waals surface area contributed by atoms with Crippen molar-refractivity contribution < 1.29 is 14.6 Å². The van der Waals surface area contributed by atoms with Crippen LogP contribution in [0.25, 0.3) is 0 Å². The molecule has 1 heterocycles. The Kier molecular flexibility index (Phi) is 1.36. The van der Waals surface area contributed by atoms with Gasteiger partial charge in [0.05, 0.1) is 0 Å². The largest absolute Gasteiger partial charge is 0.386 e. The summed E-state index contributed by atoms with van der Waals surface area (Å²) >= 11 is 0. The van der Waals surface area contributed by atoms with Crippen molar-refractivity contribution in [3.05, 3.63) is 12.2 Å². The number of ether oxygens (including phenoxy) is 2. The third-order valence-electron chi connectivity index (χ3n) is 2.00. The van der Waals surface area contributed by atoms with Crippen LogP contribution in [-0.2, 0) is 9.47 Å². The first-order valence-corrected chi connectivity index (χ1v) is 3.80. The van der Waals surface area contributed by atoms with Crippen LogP contribution in [-0.4, -0.2) is 29.2 Å². The number of hydrogen-bond donors (Lipinski definition) is 1. The minimum atomic E-state index is -0.541. The smallest absolute Gasteiger partial charge is 0.164 e. The van der Waals surface area contributed by atoms with Crippen LogP contribution in [0.3, 0.4) is 0 Å². The number of fused-ring (bicyclic) bond motifs is 1. The van der Waals surface area contributed by atoms with Gasteiger partial charge in [-0.1, -0.05) is 12.2 Å². The molecule has 1 fully saturated rings. The topological polar surface area (TPSA) is 38.7 Å². The van der Waals surface area contributed by atoms with Crippen LogP contribution < -0.4 is 0 Å². The van der Waals surface area contributed by atoms with E-state index < -0.39 is 11.9 Å². The monoisotopic (exact) mass is 156 g/mol. The molecule has 0 spiro atoms. The molecule has 1 saturated heterocycles. The molecule has 0 amide bonds. The summed E-state index contributed by atoms with van der Waals surface area (Å²) in [5, 5.41) is 9.34. The molecule has 2 aliphatic rings. The highest BCUT2D eigenvalue weighted by atomic mass is 16.8. The average molecular weight is 156 g/mol. The Balaban J connectivity index is 2.15. The third-order valence-corrected chi connectivity index (χ3v) is 2.00. The molecule has 62 valence electrons. The van der Waals surface area contributed by atoms with E-state index in [4.69, 9.17) is 9.47 Å². The Hall–Kier alpha value is -0.380. The van der Waals surface area contributed by atoms with Crippen molar-refractivity contribution >= 4 is 0 Å². The average Bonchev–Trinajstić information content (AvgIpc) is 2.31. The zero-order valence-corrected chi connectivity index (χ0v) is 6.65. The van der Waals surface area contributed by atoms with E-state index in [-0.39, 0.29) is 12.2 Å². The van der Waals surface area contributed by atoms with Crippen LogP contribution >= 0.6 is 0 Å². The molecule has 1 N–H and O–H groups in total. The van der Waals surface area contributed by atoms with E-state index in [9.17, 15) is 5.11 Å².